The van der Waals surface area contributed by atoms with E-state index in [0.717, 1.165) is 24.2 Å². The van der Waals surface area contributed by atoms with Crippen LogP contribution in [0.4, 0.5) is 23.4 Å². The maximum atomic E-state index is 11.8. The number of nitrogens with zero attached hydrogens (tertiary/aromatic N) is 4. The van der Waals surface area contributed by atoms with E-state index in [1.807, 2.05) is 20.8 Å². The van der Waals surface area contributed by atoms with Gasteiger partial charge in [-0.3, -0.25) is 19.6 Å². The van der Waals surface area contributed by atoms with Crippen molar-refractivity contribution in [3.63, 3.8) is 0 Å². The first-order chi connectivity index (χ1) is 41.2. The van der Waals surface area contributed by atoms with Crippen LogP contribution in [0.1, 0.15) is 95.9 Å². The summed E-state index contributed by atoms with van der Waals surface area (Å²) >= 11 is 14.2. The van der Waals surface area contributed by atoms with Gasteiger partial charge in [0.2, 0.25) is 11.9 Å². The minimum atomic E-state index is -4.22. The Bertz CT molecular complexity index is 2750. The summed E-state index contributed by atoms with van der Waals surface area (Å²) in [4.78, 5) is 61.0. The van der Waals surface area contributed by atoms with Crippen LogP contribution in [0, 0.1) is 0 Å². The third-order valence-corrected chi connectivity index (χ3v) is 18.7. The number of halogens is 3. The molecule has 0 aliphatic heterocycles. The Morgan fingerprint density at radius 3 is 1.19 bits per heavy atom. The predicted octanol–water partition coefficient (Wildman–Crippen LogP) is -4.05. The number of aromatic nitrogens is 6. The fraction of sp³-hybridized carbons (Fsp3) is 0.750. The van der Waals surface area contributed by atoms with Crippen LogP contribution in [0.25, 0.3) is 11.2 Å². The minimum absolute atomic E-state index is 0. The largest absolute Gasteiger partial charge is 0 e. The number of carbonyl (C=O) groups excluding carboxylic acids is 2. The Morgan fingerprint density at radius 2 is 0.882 bits per heavy atom. The Morgan fingerprint density at radius 1 is 0.548 bits per heavy atom. The van der Waals surface area contributed by atoms with Crippen molar-refractivity contribution in [2.24, 2.45) is 0 Å². The zero-order valence-electron chi connectivity index (χ0n) is 50.8. The Kier molecular flexibility index (Phi) is 66.3. The van der Waals surface area contributed by atoms with E-state index in [-0.39, 0.29) is 95.7 Å². The van der Waals surface area contributed by atoms with Gasteiger partial charge < -0.3 is 119 Å². The molecule has 0 aliphatic carbocycles. The molecule has 45 heteroatoms. The summed E-state index contributed by atoms with van der Waals surface area (Å²) in [5, 5.41) is 156. The number of fused-ring (bicyclic) bond motifs is 1. The molecule has 0 bridgehead atoms. The van der Waals surface area contributed by atoms with Gasteiger partial charge in [-0.15, -0.1) is 23.5 Å². The van der Waals surface area contributed by atoms with Gasteiger partial charge in [0.25, 0.3) is 11.1 Å². The van der Waals surface area contributed by atoms with Crippen LogP contribution in [0.2, 0.25) is 0 Å². The predicted molar refractivity (Wildman–Crippen MR) is 380 cm³/mol. The number of thiol groups is 1. The van der Waals surface area contributed by atoms with Crippen molar-refractivity contribution in [3.8, 4) is 0 Å². The van der Waals surface area contributed by atoms with Crippen molar-refractivity contribution in [1.29, 1.82) is 0 Å². The second-order valence-corrected chi connectivity index (χ2v) is 62.3. The molecular formula is C48H98I3N10O25S5V2. The Labute approximate surface area is 604 Å². The molecule has 0 saturated carbocycles. The number of aliphatic hydroxyl groups is 17. The molecule has 17 atom stereocenters. The third-order valence-electron chi connectivity index (χ3n) is 10.7. The van der Waals surface area contributed by atoms with E-state index in [0.29, 0.717) is 0 Å². The quantitative estimate of drug-likeness (QED) is 0.0166. The van der Waals surface area contributed by atoms with Crippen molar-refractivity contribution < 1.29 is 137 Å². The minimum Gasteiger partial charge on any atom is 0 e. The maximum absolute atomic E-state index is 11.8. The van der Waals surface area contributed by atoms with Gasteiger partial charge in [-0.25, -0.2) is 26.8 Å². The number of aromatic amines is 2. The van der Waals surface area contributed by atoms with Gasteiger partial charge in [-0.05, 0) is 51.9 Å². The zero-order chi connectivity index (χ0) is 72.1. The van der Waals surface area contributed by atoms with Crippen molar-refractivity contribution in [1.82, 2.24) is 29.9 Å². The Balaban J connectivity index is -0.000000154. The second-order valence-electron chi connectivity index (χ2n) is 18.0. The monoisotopic (exact) mass is 1860 g/mol. The van der Waals surface area contributed by atoms with Crippen molar-refractivity contribution in [2.75, 3.05) is 51.7 Å². The number of H-pyrrole nitrogens is 2. The van der Waals surface area contributed by atoms with Gasteiger partial charge >= 0.3 is 64.9 Å². The first-order valence-corrected chi connectivity index (χ1v) is 45.8. The molecule has 3 rings (SSSR count). The maximum Gasteiger partial charge on any atom is 0 e. The van der Waals surface area contributed by atoms with Crippen LogP contribution in [-0.4, -0.2) is 282 Å². The summed E-state index contributed by atoms with van der Waals surface area (Å²) < 4.78 is 45.0. The number of nitrogen functional groups attached to an aromatic ring is 4. The average Bonchev–Trinajstić information content (AvgIpc) is 1.27. The molecule has 3 aromatic rings. The SMILES string of the molecule is C.C.CCS.CCS(=O)(=O)C([C@H](O)[C@H](O)[C@@H](O)[C@H](C)O)S(=O)(=O)CC.CCSC(SCC)[C@H](O)[C@H](O)[C@@H](O)[C@H](C)O.C[C@H](O)[C@H](O)[C@@H](O)C=O.C[C@H](O)[C@H](O)[C@@H](O)[C@@H](O)C=O.C[C@H](O)[C@H](O)c1cnc2nc(N)[nH]c(=O)c2n1.Nc1nc(N)c(N)c(=O)[nH]1.[I][V]([I])[I].[V]. The van der Waals surface area contributed by atoms with Gasteiger partial charge in [0.15, 0.2) is 53.8 Å². The molecule has 0 unspecified atom stereocenters. The fourth-order valence-electron chi connectivity index (χ4n) is 5.64. The fourth-order valence-corrected chi connectivity index (χ4v) is 12.6. The Hall–Kier alpha value is -0.731. The number of carbonyl (C=O) groups is 2. The summed E-state index contributed by atoms with van der Waals surface area (Å²) in [6, 6.07) is 0. The van der Waals surface area contributed by atoms with Crippen LogP contribution < -0.4 is 34.1 Å². The van der Waals surface area contributed by atoms with E-state index in [9.17, 15) is 76.9 Å². The number of nitrogens with two attached hydrogens (primary N) is 4. The number of aldehydes is 2. The number of anilines is 4. The molecule has 0 aliphatic rings. The van der Waals surface area contributed by atoms with Crippen LogP contribution in [0.5, 0.6) is 0 Å². The summed E-state index contributed by atoms with van der Waals surface area (Å²) in [6.45, 7) is 14.8. The van der Waals surface area contributed by atoms with Crippen LogP contribution in [0.3, 0.4) is 0 Å². The number of hydrogen-bond donors (Lipinski definition) is 24. The van der Waals surface area contributed by atoms with Gasteiger partial charge in [0.1, 0.15) is 78.9 Å². The summed E-state index contributed by atoms with van der Waals surface area (Å²) in [5.74, 6) is 1.37. The van der Waals surface area contributed by atoms with Crippen molar-refractivity contribution in [2.45, 2.75) is 197 Å². The molecule has 3 aromatic heterocycles. The molecule has 35 nitrogen and oxygen atoms in total. The summed E-state index contributed by atoms with van der Waals surface area (Å²) in [6.07, 6.45) is -23.0. The molecule has 0 aromatic carbocycles. The molecule has 27 N–H and O–H groups in total. The van der Waals surface area contributed by atoms with Gasteiger partial charge in [-0.1, -0.05) is 49.5 Å². The number of thioether (sulfide) groups is 2. The van der Waals surface area contributed by atoms with E-state index in [4.69, 9.17) is 68.9 Å². The van der Waals surface area contributed by atoms with E-state index < -0.39 is 151 Å². The van der Waals surface area contributed by atoms with Crippen LogP contribution in [-0.2, 0) is 52.7 Å². The summed E-state index contributed by atoms with van der Waals surface area (Å²) in [5.41, 5.74) is 19.8. The first kappa shape index (κ1) is 108. The molecule has 1 radical (unpaired) electrons. The number of nitrogens with one attached hydrogen (secondary N) is 2. The van der Waals surface area contributed by atoms with Crippen LogP contribution in [0.15, 0.2) is 15.8 Å². The van der Waals surface area contributed by atoms with E-state index in [1.165, 1.54) is 71.3 Å². The number of hydrogen-bond acceptors (Lipinski definition) is 36. The molecule has 0 amide bonds. The number of rotatable bonds is 25. The van der Waals surface area contributed by atoms with Crippen molar-refractivity contribution >= 4 is 163 Å². The smallest absolute Gasteiger partial charge is 0 e. The van der Waals surface area contributed by atoms with Gasteiger partial charge in [-0.2, -0.15) is 22.6 Å². The average molecular weight is 1860 g/mol. The topological polar surface area (TPSA) is 668 Å². The first-order valence-electron chi connectivity index (χ1n) is 26.2. The molecule has 551 valence electrons. The molecule has 3 heterocycles. The molecule has 93 heavy (non-hydrogen) atoms. The van der Waals surface area contributed by atoms with E-state index in [1.54, 1.807) is 0 Å². The summed E-state index contributed by atoms with van der Waals surface area (Å²) in [7, 11) is -8.45. The molecule has 0 fully saturated rings. The third kappa shape index (κ3) is 44.2. The standard InChI is InChI=1S/C10H22O8S2.C10H22O4S2.C9H11N5O3.C6H12O5.C5H10O4.C4H7N5O.C2H6S.2CH4.3HI.2V/c1-4-19(15,16)10(20(17,18)5-2)9(14)8(13)7(12)6(3)11;1-4-15-10(16-5-2)9(14)8(13)7(12)6(3)11;1-3(15)6(16)4-2-11-7-5(12-4)8(17)14-9(10)13-7;1-3(8)5(10)6(11)4(9)2-7;1-3(7)5(9)4(8)2-6;5-1-2(6)8-4(7)9-3(1)10;1-2-3;;;;;;;/h6-14H,4-5H2,1-3H3;6-14H,4-5H2,1-3H3;2-3,6,15-16H,1H3,(H3,10,11,13,14,17);2-6,8-11H,1H3;2-5,7-9H,1H3;5H2,(H5,6,7,8,9,10);3H,2H2,1H3;2*1H4;3*1H;;/q;;;;;;;;;;;;;+3/p-3/t2*6-,7-,8+,9+;3-,6-;3-,4-,5-,6-;3-,4-,5-;;;;;;;;;/m00000........./s1. The molecular weight excluding hydrogens is 1760 g/mol. The van der Waals surface area contributed by atoms with Gasteiger partial charge in [0.05, 0.1) is 47.0 Å². The van der Waals surface area contributed by atoms with E-state index >= 15 is 0 Å². The molecule has 0 spiro atoms. The van der Waals surface area contributed by atoms with E-state index in [2.05, 4.69) is 102 Å². The van der Waals surface area contributed by atoms with Crippen LogP contribution >= 0.6 is 96.1 Å². The molecule has 0 saturated heterocycles. The van der Waals surface area contributed by atoms with Gasteiger partial charge in [0, 0.05) is 30.1 Å². The second kappa shape index (κ2) is 57.0. The number of aliphatic hydroxyl groups excluding tert-OH is 17. The van der Waals surface area contributed by atoms with Crippen molar-refractivity contribution in [3.05, 3.63) is 32.6 Å². The number of sulfone groups is 2. The zero-order valence-corrected chi connectivity index (χ0v) is 64.2. The normalized spacial score (nSPS) is 16.5.